The molecular weight excluding hydrogens is 236 g/mol. The van der Waals surface area contributed by atoms with Crippen molar-refractivity contribution in [3.63, 3.8) is 0 Å². The van der Waals surface area contributed by atoms with E-state index in [-0.39, 0.29) is 5.82 Å². The molecule has 100 valence electrons. The highest BCUT2D eigenvalue weighted by molar-refractivity contribution is 5.95. The van der Waals surface area contributed by atoms with Crippen LogP contribution in [0, 0.1) is 0 Å². The van der Waals surface area contributed by atoms with E-state index < -0.39 is 17.4 Å². The van der Waals surface area contributed by atoms with Gasteiger partial charge in [0.2, 0.25) is 5.82 Å². The standard InChI is InChI=1S/C11H18N4O3/c1-5-6-7-12-8(15-14-7)9(16)13-11(2,3)10(17)18-4/h5-6H2,1-4H3,(H,13,16)(H,12,14,15). The maximum Gasteiger partial charge on any atom is 0.330 e. The first-order valence-electron chi connectivity index (χ1n) is 5.73. The van der Waals surface area contributed by atoms with Crippen molar-refractivity contribution in [3.05, 3.63) is 11.6 Å². The molecule has 0 unspecified atom stereocenters. The third kappa shape index (κ3) is 3.28. The number of aryl methyl sites for hydroxylation is 1. The van der Waals surface area contributed by atoms with Crippen LogP contribution in [0.2, 0.25) is 0 Å². The van der Waals surface area contributed by atoms with Gasteiger partial charge in [0.05, 0.1) is 7.11 Å². The number of esters is 1. The van der Waals surface area contributed by atoms with Crippen molar-refractivity contribution in [2.24, 2.45) is 0 Å². The average molecular weight is 254 g/mol. The molecule has 7 nitrogen and oxygen atoms in total. The summed E-state index contributed by atoms with van der Waals surface area (Å²) in [6.45, 7) is 5.11. The zero-order chi connectivity index (χ0) is 13.8. The Morgan fingerprint density at radius 3 is 2.67 bits per heavy atom. The van der Waals surface area contributed by atoms with Gasteiger partial charge in [-0.2, -0.15) is 0 Å². The van der Waals surface area contributed by atoms with Crippen LogP contribution in [0.15, 0.2) is 0 Å². The number of amides is 1. The number of nitrogens with zero attached hydrogens (tertiary/aromatic N) is 2. The maximum absolute atomic E-state index is 11.8. The lowest BCUT2D eigenvalue weighted by Crippen LogP contribution is -2.50. The van der Waals surface area contributed by atoms with Gasteiger partial charge in [-0.25, -0.2) is 9.78 Å². The highest BCUT2D eigenvalue weighted by Crippen LogP contribution is 2.06. The number of carbonyl (C=O) groups excluding carboxylic acids is 2. The number of hydrogen-bond acceptors (Lipinski definition) is 5. The van der Waals surface area contributed by atoms with Gasteiger partial charge in [-0.05, 0) is 20.3 Å². The predicted molar refractivity (Wildman–Crippen MR) is 63.9 cm³/mol. The molecule has 0 saturated carbocycles. The van der Waals surface area contributed by atoms with Crippen molar-refractivity contribution in [1.29, 1.82) is 0 Å². The molecule has 0 aliphatic rings. The molecule has 0 bridgehead atoms. The van der Waals surface area contributed by atoms with E-state index >= 15 is 0 Å². The van der Waals surface area contributed by atoms with Crippen LogP contribution in [0.3, 0.4) is 0 Å². The van der Waals surface area contributed by atoms with Crippen LogP contribution < -0.4 is 5.32 Å². The van der Waals surface area contributed by atoms with Gasteiger partial charge in [0.1, 0.15) is 11.4 Å². The third-order valence-electron chi connectivity index (χ3n) is 2.34. The fourth-order valence-electron chi connectivity index (χ4n) is 1.39. The molecule has 7 heteroatoms. The van der Waals surface area contributed by atoms with Gasteiger partial charge in [0, 0.05) is 6.42 Å². The summed E-state index contributed by atoms with van der Waals surface area (Å²) in [4.78, 5) is 27.3. The van der Waals surface area contributed by atoms with Crippen molar-refractivity contribution in [3.8, 4) is 0 Å². The first-order valence-corrected chi connectivity index (χ1v) is 5.73. The second kappa shape index (κ2) is 5.61. The Balaban J connectivity index is 2.72. The highest BCUT2D eigenvalue weighted by atomic mass is 16.5. The molecule has 1 aromatic heterocycles. The van der Waals surface area contributed by atoms with Crippen molar-refractivity contribution in [1.82, 2.24) is 20.5 Å². The summed E-state index contributed by atoms with van der Waals surface area (Å²) in [6, 6.07) is 0. The van der Waals surface area contributed by atoms with Crippen molar-refractivity contribution in [2.75, 3.05) is 7.11 Å². The molecule has 2 N–H and O–H groups in total. The second-order valence-electron chi connectivity index (χ2n) is 4.43. The third-order valence-corrected chi connectivity index (χ3v) is 2.34. The van der Waals surface area contributed by atoms with Crippen LogP contribution >= 0.6 is 0 Å². The van der Waals surface area contributed by atoms with Gasteiger partial charge >= 0.3 is 5.97 Å². The van der Waals surface area contributed by atoms with E-state index in [1.54, 1.807) is 13.8 Å². The van der Waals surface area contributed by atoms with E-state index in [2.05, 4.69) is 25.2 Å². The fourth-order valence-corrected chi connectivity index (χ4v) is 1.39. The smallest absolute Gasteiger partial charge is 0.330 e. The van der Waals surface area contributed by atoms with E-state index in [1.807, 2.05) is 6.92 Å². The number of H-pyrrole nitrogens is 1. The zero-order valence-corrected chi connectivity index (χ0v) is 11.0. The summed E-state index contributed by atoms with van der Waals surface area (Å²) in [5.74, 6) is -0.363. The van der Waals surface area contributed by atoms with Gasteiger partial charge < -0.3 is 10.1 Å². The Kier molecular flexibility index (Phi) is 4.41. The molecule has 1 aromatic rings. The van der Waals surface area contributed by atoms with E-state index in [9.17, 15) is 9.59 Å². The highest BCUT2D eigenvalue weighted by Gasteiger charge is 2.31. The Morgan fingerprint density at radius 1 is 1.44 bits per heavy atom. The Bertz CT molecular complexity index is 439. The van der Waals surface area contributed by atoms with Crippen LogP contribution in [0.25, 0.3) is 0 Å². The molecule has 0 saturated heterocycles. The first-order chi connectivity index (χ1) is 8.40. The normalized spacial score (nSPS) is 11.1. The van der Waals surface area contributed by atoms with E-state index in [0.29, 0.717) is 5.82 Å². The summed E-state index contributed by atoms with van der Waals surface area (Å²) < 4.78 is 4.59. The molecule has 0 fully saturated rings. The van der Waals surface area contributed by atoms with Crippen LogP contribution in [-0.4, -0.2) is 39.7 Å². The van der Waals surface area contributed by atoms with Gasteiger partial charge in [-0.3, -0.25) is 9.89 Å². The fraction of sp³-hybridized carbons (Fsp3) is 0.636. The summed E-state index contributed by atoms with van der Waals surface area (Å²) in [5.41, 5.74) is -1.11. The van der Waals surface area contributed by atoms with Crippen molar-refractivity contribution in [2.45, 2.75) is 39.2 Å². The van der Waals surface area contributed by atoms with Crippen LogP contribution in [0.4, 0.5) is 0 Å². The number of hydrogen-bond donors (Lipinski definition) is 2. The summed E-state index contributed by atoms with van der Waals surface area (Å²) >= 11 is 0. The van der Waals surface area contributed by atoms with Gasteiger partial charge in [-0.15, -0.1) is 5.10 Å². The number of nitrogens with one attached hydrogen (secondary N) is 2. The quantitative estimate of drug-likeness (QED) is 0.743. The molecule has 0 atom stereocenters. The van der Waals surface area contributed by atoms with Gasteiger partial charge in [0.25, 0.3) is 5.91 Å². The van der Waals surface area contributed by atoms with E-state index in [1.165, 1.54) is 7.11 Å². The minimum atomic E-state index is -1.11. The van der Waals surface area contributed by atoms with Gasteiger partial charge in [-0.1, -0.05) is 6.92 Å². The molecular formula is C11H18N4O3. The van der Waals surface area contributed by atoms with E-state index in [4.69, 9.17) is 0 Å². The number of rotatable bonds is 5. The first kappa shape index (κ1) is 14.1. The maximum atomic E-state index is 11.8. The second-order valence-corrected chi connectivity index (χ2v) is 4.43. The number of carbonyl (C=O) groups is 2. The van der Waals surface area contributed by atoms with Crippen LogP contribution in [0.5, 0.6) is 0 Å². The summed E-state index contributed by atoms with van der Waals surface area (Å²) in [6.07, 6.45) is 1.63. The predicted octanol–water partition coefficient (Wildman–Crippen LogP) is 0.439. The van der Waals surface area contributed by atoms with E-state index in [0.717, 1.165) is 12.8 Å². The lowest BCUT2D eigenvalue weighted by molar-refractivity contribution is -0.146. The minimum absolute atomic E-state index is 0.0235. The molecule has 1 heterocycles. The summed E-state index contributed by atoms with van der Waals surface area (Å²) in [5, 5.41) is 9.00. The molecule has 18 heavy (non-hydrogen) atoms. The Hall–Kier alpha value is -1.92. The van der Waals surface area contributed by atoms with Gasteiger partial charge in [0.15, 0.2) is 0 Å². The number of methoxy groups -OCH3 is 1. The van der Waals surface area contributed by atoms with Crippen molar-refractivity contribution < 1.29 is 14.3 Å². The van der Waals surface area contributed by atoms with Crippen molar-refractivity contribution >= 4 is 11.9 Å². The minimum Gasteiger partial charge on any atom is -0.467 e. The molecule has 0 radical (unpaired) electrons. The molecule has 0 aromatic carbocycles. The molecule has 1 rings (SSSR count). The molecule has 0 aliphatic heterocycles. The molecule has 1 amide bonds. The number of aromatic amines is 1. The monoisotopic (exact) mass is 254 g/mol. The Labute approximate surface area is 105 Å². The molecule has 0 spiro atoms. The zero-order valence-electron chi connectivity index (χ0n) is 11.0. The average Bonchev–Trinajstić information content (AvgIpc) is 2.76. The topological polar surface area (TPSA) is 97.0 Å². The van der Waals surface area contributed by atoms with Crippen LogP contribution in [-0.2, 0) is 16.0 Å². The summed E-state index contributed by atoms with van der Waals surface area (Å²) in [7, 11) is 1.27. The lowest BCUT2D eigenvalue weighted by Gasteiger charge is -2.21. The molecule has 0 aliphatic carbocycles. The number of ether oxygens (including phenoxy) is 1. The SMILES string of the molecule is CCCc1nc(C(=O)NC(C)(C)C(=O)OC)n[nH]1. The largest absolute Gasteiger partial charge is 0.467 e. The lowest BCUT2D eigenvalue weighted by atomic mass is 10.1. The number of aromatic nitrogens is 3. The van der Waals surface area contributed by atoms with Crippen LogP contribution in [0.1, 0.15) is 43.6 Å². The Morgan fingerprint density at radius 2 is 2.11 bits per heavy atom.